The number of rotatable bonds is 8. The number of nitrogens with zero attached hydrogens (tertiary/aromatic N) is 3. The van der Waals surface area contributed by atoms with Crippen molar-refractivity contribution in [3.05, 3.63) is 22.6 Å². The van der Waals surface area contributed by atoms with Crippen molar-refractivity contribution < 1.29 is 4.74 Å². The van der Waals surface area contributed by atoms with E-state index in [-0.39, 0.29) is 5.69 Å². The van der Waals surface area contributed by atoms with E-state index < -0.39 is 0 Å². The summed E-state index contributed by atoms with van der Waals surface area (Å²) in [5.74, 6) is 0.657. The summed E-state index contributed by atoms with van der Waals surface area (Å²) in [4.78, 5) is 11.3. The zero-order chi connectivity index (χ0) is 13.5. The first-order valence-corrected chi connectivity index (χ1v) is 6.57. The number of nitrogens with one attached hydrogen (secondary N) is 2. The SMILES string of the molecule is CCCCOCCCNc1ccc2n[nH]c(=O)n2n1. The van der Waals surface area contributed by atoms with E-state index in [0.29, 0.717) is 11.5 Å². The number of H-pyrrole nitrogens is 1. The van der Waals surface area contributed by atoms with Crippen molar-refractivity contribution in [2.75, 3.05) is 25.1 Å². The van der Waals surface area contributed by atoms with E-state index in [1.54, 1.807) is 12.1 Å². The first kappa shape index (κ1) is 13.5. The molecule has 0 atom stereocenters. The first-order valence-electron chi connectivity index (χ1n) is 6.57. The second kappa shape index (κ2) is 6.89. The van der Waals surface area contributed by atoms with Crippen LogP contribution in [0.25, 0.3) is 5.65 Å². The molecule has 104 valence electrons. The Morgan fingerprint density at radius 2 is 2.21 bits per heavy atom. The highest BCUT2D eigenvalue weighted by atomic mass is 16.5. The number of aromatic amines is 1. The maximum Gasteiger partial charge on any atom is 0.364 e. The quantitative estimate of drug-likeness (QED) is 0.697. The molecular formula is C12H19N5O2. The molecule has 2 heterocycles. The van der Waals surface area contributed by atoms with Gasteiger partial charge in [-0.1, -0.05) is 13.3 Å². The van der Waals surface area contributed by atoms with Gasteiger partial charge in [-0.15, -0.1) is 5.10 Å². The Balaban J connectivity index is 1.75. The summed E-state index contributed by atoms with van der Waals surface area (Å²) in [6.07, 6.45) is 3.17. The highest BCUT2D eigenvalue weighted by molar-refractivity contribution is 5.42. The molecule has 0 aromatic carbocycles. The zero-order valence-corrected chi connectivity index (χ0v) is 11.1. The van der Waals surface area contributed by atoms with E-state index in [0.717, 1.165) is 39.0 Å². The molecule has 0 saturated carbocycles. The average Bonchev–Trinajstić information content (AvgIpc) is 2.79. The van der Waals surface area contributed by atoms with Crippen LogP contribution in [-0.4, -0.2) is 39.6 Å². The van der Waals surface area contributed by atoms with Gasteiger partial charge in [0.15, 0.2) is 5.65 Å². The van der Waals surface area contributed by atoms with Crippen molar-refractivity contribution in [3.8, 4) is 0 Å². The lowest BCUT2D eigenvalue weighted by atomic mass is 10.3. The Morgan fingerprint density at radius 3 is 3.05 bits per heavy atom. The number of anilines is 1. The summed E-state index contributed by atoms with van der Waals surface area (Å²) in [6, 6.07) is 3.54. The molecule has 7 nitrogen and oxygen atoms in total. The second-order valence-electron chi connectivity index (χ2n) is 4.26. The van der Waals surface area contributed by atoms with Crippen molar-refractivity contribution in [3.63, 3.8) is 0 Å². The largest absolute Gasteiger partial charge is 0.381 e. The third-order valence-electron chi connectivity index (χ3n) is 2.69. The predicted molar refractivity (Wildman–Crippen MR) is 72.4 cm³/mol. The molecular weight excluding hydrogens is 246 g/mol. The lowest BCUT2D eigenvalue weighted by Gasteiger charge is -2.06. The Bertz CT molecular complexity index is 562. The molecule has 0 fully saturated rings. The predicted octanol–water partition coefficient (Wildman–Crippen LogP) is 1.04. The van der Waals surface area contributed by atoms with Gasteiger partial charge in [-0.3, -0.25) is 0 Å². The highest BCUT2D eigenvalue weighted by Crippen LogP contribution is 2.02. The Morgan fingerprint density at radius 1 is 1.37 bits per heavy atom. The molecule has 0 bridgehead atoms. The number of aromatic nitrogens is 4. The summed E-state index contributed by atoms with van der Waals surface area (Å²) >= 11 is 0. The maximum atomic E-state index is 11.3. The molecule has 7 heteroatoms. The fourth-order valence-corrected chi connectivity index (χ4v) is 1.64. The smallest absolute Gasteiger partial charge is 0.364 e. The summed E-state index contributed by atoms with van der Waals surface area (Å²) in [5.41, 5.74) is 0.181. The summed E-state index contributed by atoms with van der Waals surface area (Å²) in [7, 11) is 0. The van der Waals surface area contributed by atoms with Gasteiger partial charge in [0.2, 0.25) is 0 Å². The van der Waals surface area contributed by atoms with Crippen LogP contribution in [0.15, 0.2) is 16.9 Å². The lowest BCUT2D eigenvalue weighted by Crippen LogP contribution is -2.14. The molecule has 0 amide bonds. The van der Waals surface area contributed by atoms with Gasteiger partial charge < -0.3 is 10.1 Å². The minimum absolute atomic E-state index is 0.332. The van der Waals surface area contributed by atoms with E-state index in [2.05, 4.69) is 27.5 Å². The molecule has 0 radical (unpaired) electrons. The number of unbranched alkanes of at least 4 members (excludes halogenated alkanes) is 1. The molecule has 0 saturated heterocycles. The van der Waals surface area contributed by atoms with E-state index in [1.165, 1.54) is 4.52 Å². The molecule has 2 N–H and O–H groups in total. The third kappa shape index (κ3) is 3.78. The van der Waals surface area contributed by atoms with E-state index in [4.69, 9.17) is 4.74 Å². The van der Waals surface area contributed by atoms with Crippen molar-refractivity contribution in [2.45, 2.75) is 26.2 Å². The van der Waals surface area contributed by atoms with Crippen LogP contribution in [0.3, 0.4) is 0 Å². The summed E-state index contributed by atoms with van der Waals surface area (Å²) < 4.78 is 6.69. The van der Waals surface area contributed by atoms with E-state index in [9.17, 15) is 4.79 Å². The van der Waals surface area contributed by atoms with Crippen LogP contribution in [-0.2, 0) is 4.74 Å². The fraction of sp³-hybridized carbons (Fsp3) is 0.583. The lowest BCUT2D eigenvalue weighted by molar-refractivity contribution is 0.131. The molecule has 0 spiro atoms. The van der Waals surface area contributed by atoms with Crippen molar-refractivity contribution in [2.24, 2.45) is 0 Å². The molecule has 2 aromatic rings. The minimum atomic E-state index is -0.332. The monoisotopic (exact) mass is 265 g/mol. The third-order valence-corrected chi connectivity index (χ3v) is 2.69. The van der Waals surface area contributed by atoms with Gasteiger partial charge in [0.25, 0.3) is 0 Å². The van der Waals surface area contributed by atoms with Crippen LogP contribution in [0.2, 0.25) is 0 Å². The van der Waals surface area contributed by atoms with Gasteiger partial charge in [0.05, 0.1) is 0 Å². The van der Waals surface area contributed by atoms with Crippen molar-refractivity contribution in [1.29, 1.82) is 0 Å². The van der Waals surface area contributed by atoms with Gasteiger partial charge in [0, 0.05) is 19.8 Å². The van der Waals surface area contributed by atoms with Gasteiger partial charge in [-0.25, -0.2) is 9.89 Å². The molecule has 19 heavy (non-hydrogen) atoms. The Hall–Kier alpha value is -1.89. The Labute approximate surface area is 111 Å². The summed E-state index contributed by atoms with van der Waals surface area (Å²) in [6.45, 7) is 4.47. The topological polar surface area (TPSA) is 84.3 Å². The number of hydrogen-bond acceptors (Lipinski definition) is 5. The molecule has 2 rings (SSSR count). The molecule has 0 unspecified atom stereocenters. The van der Waals surface area contributed by atoms with Crippen molar-refractivity contribution in [1.82, 2.24) is 19.8 Å². The molecule has 0 aliphatic rings. The van der Waals surface area contributed by atoms with Gasteiger partial charge in [-0.2, -0.15) is 9.61 Å². The van der Waals surface area contributed by atoms with Gasteiger partial charge in [-0.05, 0) is 25.0 Å². The number of hydrogen-bond donors (Lipinski definition) is 2. The van der Waals surface area contributed by atoms with Crippen LogP contribution in [0.1, 0.15) is 26.2 Å². The van der Waals surface area contributed by atoms with E-state index >= 15 is 0 Å². The second-order valence-corrected chi connectivity index (χ2v) is 4.26. The van der Waals surface area contributed by atoms with Crippen LogP contribution in [0.4, 0.5) is 5.82 Å². The number of fused-ring (bicyclic) bond motifs is 1. The highest BCUT2D eigenvalue weighted by Gasteiger charge is 2.01. The standard InChI is InChI=1S/C12H19N5O2/c1-2-3-8-19-9-4-7-13-10-5-6-11-14-15-12(18)17(11)16-10/h5-6H,2-4,7-9H2,1H3,(H,13,16)(H,15,18). The summed E-state index contributed by atoms with van der Waals surface area (Å²) in [5, 5.41) is 13.5. The first-order chi connectivity index (χ1) is 9.31. The Kier molecular flexibility index (Phi) is 4.91. The van der Waals surface area contributed by atoms with Crippen LogP contribution in [0.5, 0.6) is 0 Å². The van der Waals surface area contributed by atoms with Gasteiger partial charge >= 0.3 is 5.69 Å². The molecule has 0 aliphatic carbocycles. The zero-order valence-electron chi connectivity index (χ0n) is 11.1. The van der Waals surface area contributed by atoms with Crippen molar-refractivity contribution >= 4 is 11.5 Å². The average molecular weight is 265 g/mol. The van der Waals surface area contributed by atoms with Crippen LogP contribution >= 0.6 is 0 Å². The van der Waals surface area contributed by atoms with Crippen LogP contribution in [0, 0.1) is 0 Å². The van der Waals surface area contributed by atoms with E-state index in [1.807, 2.05) is 0 Å². The minimum Gasteiger partial charge on any atom is -0.381 e. The number of ether oxygens (including phenoxy) is 1. The maximum absolute atomic E-state index is 11.3. The van der Waals surface area contributed by atoms with Crippen LogP contribution < -0.4 is 11.0 Å². The normalized spacial score (nSPS) is 11.0. The molecule has 2 aromatic heterocycles. The van der Waals surface area contributed by atoms with Gasteiger partial charge in [0.1, 0.15) is 5.82 Å². The fourth-order valence-electron chi connectivity index (χ4n) is 1.64. The molecule has 0 aliphatic heterocycles.